The summed E-state index contributed by atoms with van der Waals surface area (Å²) in [5.74, 6) is 1.41. The van der Waals surface area contributed by atoms with Crippen molar-refractivity contribution < 1.29 is 9.15 Å². The lowest BCUT2D eigenvalue weighted by Crippen LogP contribution is -2.09. The second-order valence-corrected chi connectivity index (χ2v) is 6.44. The third-order valence-corrected chi connectivity index (χ3v) is 4.39. The average Bonchev–Trinajstić information content (AvgIpc) is 2.95. The number of rotatable bonds is 4. The van der Waals surface area contributed by atoms with Crippen LogP contribution in [0.3, 0.4) is 0 Å². The summed E-state index contributed by atoms with van der Waals surface area (Å²) >= 11 is 12.3. The molecule has 0 bridgehead atoms. The van der Waals surface area contributed by atoms with E-state index in [0.717, 1.165) is 29.1 Å². The molecule has 0 aliphatic rings. The summed E-state index contributed by atoms with van der Waals surface area (Å²) in [4.78, 5) is 0. The normalized spacial score (nSPS) is 12.8. The van der Waals surface area contributed by atoms with E-state index in [4.69, 9.17) is 32.4 Å². The number of benzene rings is 1. The highest BCUT2D eigenvalue weighted by Gasteiger charge is 2.23. The smallest absolute Gasteiger partial charge is 0.266 e. The second-order valence-electron chi connectivity index (χ2n) is 5.60. The molecule has 0 N–H and O–H groups in total. The van der Waals surface area contributed by atoms with Crippen LogP contribution in [0.5, 0.6) is 5.75 Å². The van der Waals surface area contributed by atoms with Crippen molar-refractivity contribution >= 4 is 28.9 Å². The van der Waals surface area contributed by atoms with Crippen molar-refractivity contribution in [1.29, 1.82) is 0 Å². The molecule has 2 heterocycles. The molecule has 0 amide bonds. The van der Waals surface area contributed by atoms with E-state index >= 15 is 0 Å². The minimum absolute atomic E-state index is 0.0923. The predicted molar refractivity (Wildman–Crippen MR) is 92.8 cm³/mol. The van der Waals surface area contributed by atoms with Gasteiger partial charge in [0, 0.05) is 10.6 Å². The van der Waals surface area contributed by atoms with Crippen molar-refractivity contribution in [2.24, 2.45) is 0 Å². The highest BCUT2D eigenvalue weighted by molar-refractivity contribution is 6.36. The molecule has 23 heavy (non-hydrogen) atoms. The zero-order valence-corrected chi connectivity index (χ0v) is 15.0. The lowest BCUT2D eigenvalue weighted by molar-refractivity contribution is 0.215. The lowest BCUT2D eigenvalue weighted by Gasteiger charge is -2.10. The molecule has 3 aromatic rings. The van der Waals surface area contributed by atoms with Gasteiger partial charge < -0.3 is 9.15 Å². The Balaban J connectivity index is 2.19. The summed E-state index contributed by atoms with van der Waals surface area (Å²) in [6, 6.07) is 5.38. The standard InChI is InChI=1S/C17H18Cl2N2O2/c1-5-9(2)22-16-10(3)20-21-15(11(4)23-17(16)21)13-7-6-12(18)8-14(13)19/h6-9H,5H2,1-4H3/t9-/m1/s1. The minimum atomic E-state index is 0.0923. The number of hydrogen-bond acceptors (Lipinski definition) is 3. The predicted octanol–water partition coefficient (Wildman–Crippen LogP) is 5.70. The maximum atomic E-state index is 6.35. The number of aryl methyl sites for hydroxylation is 2. The molecule has 1 aromatic carbocycles. The van der Waals surface area contributed by atoms with Gasteiger partial charge in [-0.2, -0.15) is 9.61 Å². The van der Waals surface area contributed by atoms with Gasteiger partial charge in [0.05, 0.1) is 11.1 Å². The topological polar surface area (TPSA) is 39.7 Å². The Hall–Kier alpha value is -1.65. The first-order chi connectivity index (χ1) is 10.9. The van der Waals surface area contributed by atoms with Crippen molar-refractivity contribution in [1.82, 2.24) is 9.61 Å². The summed E-state index contributed by atoms with van der Waals surface area (Å²) in [5.41, 5.74) is 3.02. The van der Waals surface area contributed by atoms with E-state index in [1.165, 1.54) is 0 Å². The molecular weight excluding hydrogens is 335 g/mol. The van der Waals surface area contributed by atoms with E-state index < -0.39 is 0 Å². The first kappa shape index (κ1) is 16.2. The van der Waals surface area contributed by atoms with Gasteiger partial charge in [-0.05, 0) is 45.4 Å². The third kappa shape index (κ3) is 2.81. The van der Waals surface area contributed by atoms with Gasteiger partial charge in [0.1, 0.15) is 17.1 Å². The molecular formula is C17H18Cl2N2O2. The van der Waals surface area contributed by atoms with Crippen molar-refractivity contribution in [3.8, 4) is 17.0 Å². The molecule has 122 valence electrons. The Bertz CT molecular complexity index is 867. The Morgan fingerprint density at radius 1 is 1.30 bits per heavy atom. The Labute approximate surface area is 144 Å². The van der Waals surface area contributed by atoms with Gasteiger partial charge in [-0.1, -0.05) is 30.1 Å². The number of nitrogens with zero attached hydrogens (tertiary/aromatic N) is 2. The highest BCUT2D eigenvalue weighted by atomic mass is 35.5. The maximum absolute atomic E-state index is 6.35. The van der Waals surface area contributed by atoms with Crippen LogP contribution in [0.25, 0.3) is 17.0 Å². The quantitative estimate of drug-likeness (QED) is 0.604. The monoisotopic (exact) mass is 352 g/mol. The Kier molecular flexibility index (Phi) is 4.30. The zero-order valence-electron chi connectivity index (χ0n) is 13.5. The molecule has 0 unspecified atom stereocenters. The molecule has 0 saturated heterocycles. The van der Waals surface area contributed by atoms with Crippen LogP contribution in [0.15, 0.2) is 22.6 Å². The minimum Gasteiger partial charge on any atom is -0.484 e. The highest BCUT2D eigenvalue weighted by Crippen LogP contribution is 2.37. The number of aromatic nitrogens is 2. The second kappa shape index (κ2) is 6.10. The molecule has 0 fully saturated rings. The number of oxazole rings is 1. The fraction of sp³-hybridized carbons (Fsp3) is 0.353. The first-order valence-corrected chi connectivity index (χ1v) is 8.28. The first-order valence-electron chi connectivity index (χ1n) is 7.53. The van der Waals surface area contributed by atoms with E-state index in [1.54, 1.807) is 16.6 Å². The van der Waals surface area contributed by atoms with E-state index in [-0.39, 0.29) is 6.10 Å². The molecule has 4 nitrogen and oxygen atoms in total. The van der Waals surface area contributed by atoms with Crippen molar-refractivity contribution in [3.63, 3.8) is 0 Å². The van der Waals surface area contributed by atoms with Gasteiger partial charge >= 0.3 is 0 Å². The van der Waals surface area contributed by atoms with Gasteiger partial charge in [0.2, 0.25) is 5.75 Å². The summed E-state index contributed by atoms with van der Waals surface area (Å²) in [5, 5.41) is 5.72. The van der Waals surface area contributed by atoms with Gasteiger partial charge in [-0.3, -0.25) is 0 Å². The van der Waals surface area contributed by atoms with Crippen LogP contribution in [-0.4, -0.2) is 15.7 Å². The summed E-state index contributed by atoms with van der Waals surface area (Å²) < 4.78 is 13.6. The number of ether oxygens (including phenoxy) is 1. The van der Waals surface area contributed by atoms with Crippen LogP contribution < -0.4 is 4.74 Å². The number of hydrogen-bond donors (Lipinski definition) is 0. The van der Waals surface area contributed by atoms with Crippen LogP contribution in [0.4, 0.5) is 0 Å². The molecule has 2 aromatic heterocycles. The molecule has 0 aliphatic heterocycles. The van der Waals surface area contributed by atoms with E-state index in [9.17, 15) is 0 Å². The molecule has 0 radical (unpaired) electrons. The van der Waals surface area contributed by atoms with Crippen LogP contribution in [0, 0.1) is 13.8 Å². The van der Waals surface area contributed by atoms with Crippen LogP contribution in [-0.2, 0) is 0 Å². The van der Waals surface area contributed by atoms with Crippen LogP contribution in [0.2, 0.25) is 10.0 Å². The van der Waals surface area contributed by atoms with E-state index in [0.29, 0.717) is 21.5 Å². The summed E-state index contributed by atoms with van der Waals surface area (Å²) in [7, 11) is 0. The summed E-state index contributed by atoms with van der Waals surface area (Å²) in [6.07, 6.45) is 1.00. The van der Waals surface area contributed by atoms with Gasteiger partial charge in [-0.15, -0.1) is 0 Å². The van der Waals surface area contributed by atoms with Gasteiger partial charge in [0.15, 0.2) is 0 Å². The van der Waals surface area contributed by atoms with Crippen LogP contribution in [0.1, 0.15) is 31.7 Å². The fourth-order valence-electron chi connectivity index (χ4n) is 2.48. The largest absolute Gasteiger partial charge is 0.484 e. The van der Waals surface area contributed by atoms with E-state index in [2.05, 4.69) is 12.0 Å². The molecule has 0 spiro atoms. The fourth-order valence-corrected chi connectivity index (χ4v) is 2.98. The third-order valence-electron chi connectivity index (χ3n) is 3.84. The molecule has 6 heteroatoms. The number of halogens is 2. The summed E-state index contributed by atoms with van der Waals surface area (Å²) in [6.45, 7) is 7.89. The van der Waals surface area contributed by atoms with Crippen molar-refractivity contribution in [3.05, 3.63) is 39.7 Å². The van der Waals surface area contributed by atoms with Crippen LogP contribution >= 0.6 is 23.2 Å². The number of fused-ring (bicyclic) bond motifs is 1. The molecule has 0 saturated carbocycles. The van der Waals surface area contributed by atoms with E-state index in [1.807, 2.05) is 26.8 Å². The van der Waals surface area contributed by atoms with Gasteiger partial charge in [-0.25, -0.2) is 0 Å². The molecule has 0 aliphatic carbocycles. The molecule has 3 rings (SSSR count). The Morgan fingerprint density at radius 2 is 2.04 bits per heavy atom. The maximum Gasteiger partial charge on any atom is 0.266 e. The molecule has 1 atom stereocenters. The average molecular weight is 353 g/mol. The van der Waals surface area contributed by atoms with Crippen molar-refractivity contribution in [2.75, 3.05) is 0 Å². The lowest BCUT2D eigenvalue weighted by atomic mass is 10.1. The SMILES string of the molecule is CC[C@@H](C)Oc1c(C)nn2c(-c3ccc(Cl)cc3Cl)c(C)oc12. The Morgan fingerprint density at radius 3 is 2.70 bits per heavy atom. The van der Waals surface area contributed by atoms with Crippen molar-refractivity contribution in [2.45, 2.75) is 40.2 Å². The van der Waals surface area contributed by atoms with Gasteiger partial charge in [0.25, 0.3) is 5.71 Å². The zero-order chi connectivity index (χ0) is 16.7.